The Hall–Kier alpha value is -4.46. The van der Waals surface area contributed by atoms with Crippen LogP contribution in [0.4, 0.5) is 0 Å². The van der Waals surface area contributed by atoms with E-state index in [0.29, 0.717) is 12.8 Å². The number of nitrogens with zero attached hydrogens (tertiary/aromatic N) is 2. The van der Waals surface area contributed by atoms with Crippen LogP contribution in [0.2, 0.25) is 0 Å². The average Bonchev–Trinajstić information content (AvgIpc) is 3.41. The lowest BCUT2D eigenvalue weighted by Gasteiger charge is -2.19. The molecule has 2 atom stereocenters. The van der Waals surface area contributed by atoms with Crippen molar-refractivity contribution >= 4 is 33.6 Å². The summed E-state index contributed by atoms with van der Waals surface area (Å²) in [6.07, 6.45) is 12.1. The fourth-order valence-corrected chi connectivity index (χ4v) is 4.82. The summed E-state index contributed by atoms with van der Waals surface area (Å²) in [7, 11) is 0. The van der Waals surface area contributed by atoms with Gasteiger partial charge in [-0.25, -0.2) is 0 Å². The highest BCUT2D eigenvalue weighted by molar-refractivity contribution is 5.90. The van der Waals surface area contributed by atoms with Gasteiger partial charge in [-0.3, -0.25) is 18.9 Å². The molecule has 4 heterocycles. The lowest BCUT2D eigenvalue weighted by Crippen LogP contribution is -2.45. The Labute approximate surface area is 195 Å². The molecule has 0 unspecified atom stereocenters. The molecule has 2 aromatic carbocycles. The summed E-state index contributed by atoms with van der Waals surface area (Å²) in [4.78, 5) is 24.7. The number of carbonyl (C=O) groups is 2. The molecule has 8 heteroatoms. The average molecular weight is 453 g/mol. The van der Waals surface area contributed by atoms with E-state index in [4.69, 9.17) is 0 Å². The third-order valence-corrected chi connectivity index (χ3v) is 6.48. The van der Waals surface area contributed by atoms with Gasteiger partial charge in [-0.2, -0.15) is 0 Å². The van der Waals surface area contributed by atoms with E-state index in [1.807, 2.05) is 24.3 Å². The molecule has 8 nitrogen and oxygen atoms in total. The zero-order chi connectivity index (χ0) is 23.1. The molecule has 6 rings (SSSR count). The smallest absolute Gasteiger partial charge is 0.246 e. The third-order valence-electron chi connectivity index (χ3n) is 6.48. The van der Waals surface area contributed by atoms with Gasteiger partial charge < -0.3 is 21.3 Å². The summed E-state index contributed by atoms with van der Waals surface area (Å²) in [5, 5.41) is 14.1. The van der Waals surface area contributed by atoms with Gasteiger partial charge in [0.15, 0.2) is 0 Å². The van der Waals surface area contributed by atoms with E-state index in [1.54, 1.807) is 24.8 Å². The summed E-state index contributed by atoms with van der Waals surface area (Å²) in [6, 6.07) is 15.8. The van der Waals surface area contributed by atoms with Gasteiger partial charge in [-0.05, 0) is 23.3 Å². The van der Waals surface area contributed by atoms with Gasteiger partial charge in [0.25, 0.3) is 0 Å². The first-order valence-electron chi connectivity index (χ1n) is 11.3. The number of hydrogen-bond donors (Lipinski definition) is 4. The van der Waals surface area contributed by atoms with Crippen LogP contribution in [0, 0.1) is 0 Å². The van der Waals surface area contributed by atoms with E-state index >= 15 is 0 Å². The van der Waals surface area contributed by atoms with Gasteiger partial charge in [0.1, 0.15) is 12.1 Å². The Kier molecular flexibility index (Phi) is 4.83. The highest BCUT2D eigenvalue weighted by Crippen LogP contribution is 2.28. The van der Waals surface area contributed by atoms with Gasteiger partial charge in [0.2, 0.25) is 11.8 Å². The van der Waals surface area contributed by atoms with Crippen molar-refractivity contribution in [2.45, 2.75) is 24.9 Å². The fourth-order valence-electron chi connectivity index (χ4n) is 4.82. The maximum atomic E-state index is 12.3. The number of rotatable bonds is 5. The molecule has 0 saturated carbocycles. The highest BCUT2D eigenvalue weighted by Gasteiger charge is 2.24. The van der Waals surface area contributed by atoms with Crippen molar-refractivity contribution in [1.29, 1.82) is 0 Å². The molecule has 0 bridgehead atoms. The van der Waals surface area contributed by atoms with Gasteiger partial charge in [-0.1, -0.05) is 36.4 Å². The fraction of sp³-hybridized carbons (Fsp3) is 0.154. The minimum absolute atomic E-state index is 0.0414. The molecule has 0 radical (unpaired) electrons. The monoisotopic (exact) mass is 452 g/mol. The zero-order valence-electron chi connectivity index (χ0n) is 18.4. The molecule has 170 valence electrons. The third kappa shape index (κ3) is 3.40. The van der Waals surface area contributed by atoms with Crippen LogP contribution < -0.4 is 21.3 Å². The van der Waals surface area contributed by atoms with Crippen LogP contribution in [0.25, 0.3) is 21.8 Å². The quantitative estimate of drug-likeness (QED) is 0.373. The second kappa shape index (κ2) is 8.15. The Morgan fingerprint density at radius 1 is 0.618 bits per heavy atom. The number of fused-ring (bicyclic) bond motifs is 2. The van der Waals surface area contributed by atoms with Crippen molar-refractivity contribution in [2.24, 2.45) is 0 Å². The molecule has 0 saturated heterocycles. The van der Waals surface area contributed by atoms with E-state index in [1.165, 1.54) is 0 Å². The SMILES string of the molecule is O=C1NC=CN[C@H]1Cc1cn(-n2cc(C[C@@H]3NC=CNC3=O)c3ccccc32)c2ccccc12. The normalized spacial score (nSPS) is 19.6. The number of amides is 2. The number of para-hydroxylation sites is 2. The van der Waals surface area contributed by atoms with Gasteiger partial charge >= 0.3 is 0 Å². The summed E-state index contributed by atoms with van der Waals surface area (Å²) in [5.41, 5.74) is 4.26. The standard InChI is InChI=1S/C26H24N6O2/c33-25-21(27-9-11-29-25)13-17-15-31(23-7-3-1-5-19(17)23)32-16-18(20-6-2-4-8-24(20)32)14-22-26(34)30-12-10-28-22/h1-12,15-16,21-22,27-28H,13-14H2,(H,29,33)(H,30,34)/t21-,22-/m0/s1. The Bertz CT molecular complexity index is 1370. The van der Waals surface area contributed by atoms with E-state index in [-0.39, 0.29) is 23.9 Å². The molecular formula is C26H24N6O2. The molecule has 0 spiro atoms. The highest BCUT2D eigenvalue weighted by atomic mass is 16.2. The van der Waals surface area contributed by atoms with Crippen LogP contribution in [0.5, 0.6) is 0 Å². The van der Waals surface area contributed by atoms with Gasteiger partial charge in [0.05, 0.1) is 11.0 Å². The summed E-state index contributed by atoms with van der Waals surface area (Å²) in [6.45, 7) is 0. The van der Waals surface area contributed by atoms with Crippen LogP contribution in [-0.4, -0.2) is 33.3 Å². The molecule has 34 heavy (non-hydrogen) atoms. The molecule has 4 aromatic rings. The van der Waals surface area contributed by atoms with Crippen LogP contribution in [-0.2, 0) is 22.4 Å². The largest absolute Gasteiger partial charge is 0.378 e. The van der Waals surface area contributed by atoms with Gasteiger partial charge in [-0.15, -0.1) is 0 Å². The van der Waals surface area contributed by atoms with Crippen molar-refractivity contribution in [3.05, 3.63) is 96.9 Å². The number of nitrogens with one attached hydrogen (secondary N) is 4. The molecule has 0 aliphatic carbocycles. The van der Waals surface area contributed by atoms with Gasteiger partial charge in [0, 0.05) is 60.8 Å². The molecule has 2 aromatic heterocycles. The number of benzene rings is 2. The summed E-state index contributed by atoms with van der Waals surface area (Å²) >= 11 is 0. The first-order chi connectivity index (χ1) is 16.7. The van der Waals surface area contributed by atoms with Crippen molar-refractivity contribution in [2.75, 3.05) is 0 Å². The molecule has 4 N–H and O–H groups in total. The first-order valence-corrected chi connectivity index (χ1v) is 11.3. The Morgan fingerprint density at radius 3 is 1.50 bits per heavy atom. The Morgan fingerprint density at radius 2 is 1.06 bits per heavy atom. The minimum atomic E-state index is -0.329. The van der Waals surface area contributed by atoms with Crippen LogP contribution in [0.3, 0.4) is 0 Å². The van der Waals surface area contributed by atoms with Crippen molar-refractivity contribution in [3.8, 4) is 0 Å². The molecular weight excluding hydrogens is 428 g/mol. The predicted molar refractivity (Wildman–Crippen MR) is 130 cm³/mol. The lowest BCUT2D eigenvalue weighted by molar-refractivity contribution is -0.123. The van der Waals surface area contributed by atoms with Crippen LogP contribution in [0.15, 0.2) is 85.7 Å². The predicted octanol–water partition coefficient (Wildman–Crippen LogP) is 2.11. The second-order valence-electron chi connectivity index (χ2n) is 8.56. The maximum absolute atomic E-state index is 12.3. The molecule has 2 aliphatic rings. The van der Waals surface area contributed by atoms with Crippen molar-refractivity contribution in [1.82, 2.24) is 30.6 Å². The van der Waals surface area contributed by atoms with Crippen LogP contribution >= 0.6 is 0 Å². The van der Waals surface area contributed by atoms with E-state index < -0.39 is 0 Å². The maximum Gasteiger partial charge on any atom is 0.246 e. The van der Waals surface area contributed by atoms with E-state index in [9.17, 15) is 9.59 Å². The lowest BCUT2D eigenvalue weighted by atomic mass is 10.0. The summed E-state index contributed by atoms with van der Waals surface area (Å²) in [5.74, 6) is -0.0827. The summed E-state index contributed by atoms with van der Waals surface area (Å²) < 4.78 is 4.25. The van der Waals surface area contributed by atoms with E-state index in [0.717, 1.165) is 32.9 Å². The minimum Gasteiger partial charge on any atom is -0.378 e. The van der Waals surface area contributed by atoms with E-state index in [2.05, 4.69) is 67.3 Å². The second-order valence-corrected chi connectivity index (χ2v) is 8.56. The number of hydrogen-bond acceptors (Lipinski definition) is 4. The van der Waals surface area contributed by atoms with Crippen molar-refractivity contribution < 1.29 is 9.59 Å². The Balaban J connectivity index is 1.45. The topological polar surface area (TPSA) is 92.1 Å². The first kappa shape index (κ1) is 20.2. The number of aromatic nitrogens is 2. The molecule has 2 aliphatic heterocycles. The zero-order valence-corrected chi connectivity index (χ0v) is 18.4. The van der Waals surface area contributed by atoms with Crippen molar-refractivity contribution in [3.63, 3.8) is 0 Å². The van der Waals surface area contributed by atoms with Crippen LogP contribution in [0.1, 0.15) is 11.1 Å². The molecule has 0 fully saturated rings. The molecule has 2 amide bonds. The number of carbonyl (C=O) groups excluding carboxylic acids is 2.